The van der Waals surface area contributed by atoms with E-state index in [0.29, 0.717) is 24.6 Å². The van der Waals surface area contributed by atoms with Crippen molar-refractivity contribution >= 4 is 52.2 Å². The average molecular weight is 607 g/mol. The Morgan fingerprint density at radius 2 is 1.56 bits per heavy atom. The summed E-state index contributed by atoms with van der Waals surface area (Å²) in [6, 6.07) is 11.6. The molecule has 0 heterocycles. The number of rotatable bonds is 7. The normalized spacial score (nSPS) is 13.0. The highest BCUT2D eigenvalue weighted by Crippen LogP contribution is 2.42. The number of allylic oxidation sites excluding steroid dienone is 1. The molecule has 0 aromatic heterocycles. The van der Waals surface area contributed by atoms with Gasteiger partial charge >= 0.3 is 6.18 Å². The molecule has 1 atom stereocenters. The van der Waals surface area contributed by atoms with Gasteiger partial charge in [0.25, 0.3) is 11.8 Å². The Kier molecular flexibility index (Phi) is 9.11. The molecule has 2 N–H and O–H groups in total. The molecule has 0 saturated heterocycles. The van der Waals surface area contributed by atoms with Crippen LogP contribution < -0.4 is 10.9 Å². The van der Waals surface area contributed by atoms with Gasteiger partial charge in [0.05, 0.1) is 49.4 Å². The van der Waals surface area contributed by atoms with Crippen molar-refractivity contribution in [2.75, 3.05) is 5.43 Å². The second-order valence-corrected chi connectivity index (χ2v) is 9.47. The summed E-state index contributed by atoms with van der Waals surface area (Å²) in [5.41, 5.74) is 1.82. The fourth-order valence-corrected chi connectivity index (χ4v) is 4.10. The van der Waals surface area contributed by atoms with Crippen molar-refractivity contribution in [3.8, 4) is 6.07 Å². The zero-order valence-electron chi connectivity index (χ0n) is 19.6. The van der Waals surface area contributed by atoms with Crippen molar-refractivity contribution in [1.82, 2.24) is 5.43 Å². The van der Waals surface area contributed by atoms with Crippen molar-refractivity contribution in [2.24, 2.45) is 0 Å². The van der Waals surface area contributed by atoms with Crippen LogP contribution in [0.2, 0.25) is 15.1 Å². The SMILES string of the molecule is CC(F)(F)C(/C=C(\F)c1ccc(C(=O)NNc2ccc(C#N)cc2)c(C(F)(F)F)c1)c1cc(Cl)c(Cl)c(Cl)c1. The molecule has 1 unspecified atom stereocenters. The molecule has 3 rings (SSSR count). The van der Waals surface area contributed by atoms with Crippen LogP contribution in [-0.4, -0.2) is 11.8 Å². The molecular weight excluding hydrogens is 591 g/mol. The third-order valence-electron chi connectivity index (χ3n) is 5.40. The Labute approximate surface area is 233 Å². The van der Waals surface area contributed by atoms with E-state index in [1.807, 2.05) is 6.07 Å². The fourth-order valence-electron chi connectivity index (χ4n) is 3.48. The summed E-state index contributed by atoms with van der Waals surface area (Å²) < 4.78 is 85.4. The van der Waals surface area contributed by atoms with Gasteiger partial charge in [-0.2, -0.15) is 18.4 Å². The maximum Gasteiger partial charge on any atom is 0.417 e. The van der Waals surface area contributed by atoms with E-state index >= 15 is 4.39 Å². The van der Waals surface area contributed by atoms with Crippen LogP contribution in [0.15, 0.2) is 60.7 Å². The topological polar surface area (TPSA) is 64.9 Å². The minimum Gasteiger partial charge on any atom is -0.298 e. The van der Waals surface area contributed by atoms with Gasteiger partial charge in [0.1, 0.15) is 5.83 Å². The molecule has 4 nitrogen and oxygen atoms in total. The number of benzene rings is 3. The number of nitrogens with one attached hydrogen (secondary N) is 2. The molecular formula is C26H16Cl3F6N3O. The molecule has 0 radical (unpaired) electrons. The lowest BCUT2D eigenvalue weighted by molar-refractivity contribution is -0.138. The third-order valence-corrected chi connectivity index (χ3v) is 6.60. The second kappa shape index (κ2) is 11.8. The van der Waals surface area contributed by atoms with Crippen LogP contribution in [0.1, 0.15) is 45.5 Å². The summed E-state index contributed by atoms with van der Waals surface area (Å²) in [5, 5.41) is 8.35. The first kappa shape index (κ1) is 30.2. The van der Waals surface area contributed by atoms with Crippen LogP contribution in [0.4, 0.5) is 32.0 Å². The van der Waals surface area contributed by atoms with Crippen molar-refractivity contribution in [2.45, 2.75) is 24.9 Å². The smallest absolute Gasteiger partial charge is 0.298 e. The van der Waals surface area contributed by atoms with Gasteiger partial charge in [-0.3, -0.25) is 15.6 Å². The van der Waals surface area contributed by atoms with Crippen LogP contribution in [0.5, 0.6) is 0 Å². The minimum absolute atomic E-state index is 0.109. The van der Waals surface area contributed by atoms with Crippen LogP contribution >= 0.6 is 34.8 Å². The second-order valence-electron chi connectivity index (χ2n) is 8.27. The highest BCUT2D eigenvalue weighted by Gasteiger charge is 2.37. The van der Waals surface area contributed by atoms with Gasteiger partial charge in [0, 0.05) is 12.5 Å². The summed E-state index contributed by atoms with van der Waals surface area (Å²) in [4.78, 5) is 12.5. The number of hydrazine groups is 1. The molecule has 0 spiro atoms. The lowest BCUT2D eigenvalue weighted by atomic mass is 9.91. The number of nitrogens with zero attached hydrogens (tertiary/aromatic N) is 1. The molecule has 0 aliphatic carbocycles. The Balaban J connectivity index is 1.96. The fraction of sp³-hybridized carbons (Fsp3) is 0.154. The van der Waals surface area contributed by atoms with Gasteiger partial charge in [-0.15, -0.1) is 0 Å². The Bertz CT molecular complexity index is 1440. The lowest BCUT2D eigenvalue weighted by Crippen LogP contribution is -2.31. The molecule has 0 aliphatic heterocycles. The van der Waals surface area contributed by atoms with Crippen molar-refractivity contribution < 1.29 is 31.1 Å². The molecule has 0 aliphatic rings. The Hall–Kier alpha value is -3.39. The van der Waals surface area contributed by atoms with Crippen molar-refractivity contribution in [3.63, 3.8) is 0 Å². The lowest BCUT2D eigenvalue weighted by Gasteiger charge is -2.22. The predicted octanol–water partition coefficient (Wildman–Crippen LogP) is 9.04. The monoisotopic (exact) mass is 605 g/mol. The molecule has 0 bridgehead atoms. The largest absolute Gasteiger partial charge is 0.417 e. The molecule has 3 aromatic rings. The van der Waals surface area contributed by atoms with E-state index in [4.69, 9.17) is 40.1 Å². The summed E-state index contributed by atoms with van der Waals surface area (Å²) in [5.74, 6) is -8.16. The number of hydrogen-bond donors (Lipinski definition) is 2. The summed E-state index contributed by atoms with van der Waals surface area (Å²) in [6.45, 7) is 0.493. The summed E-state index contributed by atoms with van der Waals surface area (Å²) >= 11 is 17.7. The number of hydrogen-bond acceptors (Lipinski definition) is 3. The van der Waals surface area contributed by atoms with Crippen LogP contribution in [-0.2, 0) is 6.18 Å². The molecule has 204 valence electrons. The van der Waals surface area contributed by atoms with E-state index in [-0.39, 0.29) is 26.3 Å². The molecule has 3 aromatic carbocycles. The van der Waals surface area contributed by atoms with E-state index in [0.717, 1.165) is 24.3 Å². The maximum atomic E-state index is 15.1. The van der Waals surface area contributed by atoms with Crippen LogP contribution in [0.3, 0.4) is 0 Å². The molecule has 13 heteroatoms. The molecule has 0 saturated carbocycles. The zero-order valence-corrected chi connectivity index (χ0v) is 21.9. The number of carbonyl (C=O) groups is 1. The van der Waals surface area contributed by atoms with Crippen molar-refractivity contribution in [3.05, 3.63) is 104 Å². The quantitative estimate of drug-likeness (QED) is 0.160. The third kappa shape index (κ3) is 7.38. The van der Waals surface area contributed by atoms with Gasteiger partial charge in [-0.05, 0) is 60.2 Å². The Morgan fingerprint density at radius 1 is 0.974 bits per heavy atom. The number of alkyl halides is 5. The first-order chi connectivity index (χ1) is 18.1. The molecule has 0 fully saturated rings. The van der Waals surface area contributed by atoms with Gasteiger partial charge in [0.2, 0.25) is 0 Å². The minimum atomic E-state index is -5.09. The number of amides is 1. The van der Waals surface area contributed by atoms with E-state index in [1.54, 1.807) is 0 Å². The van der Waals surface area contributed by atoms with Gasteiger partial charge in [-0.1, -0.05) is 40.9 Å². The van der Waals surface area contributed by atoms with E-state index < -0.39 is 46.4 Å². The molecule has 1 amide bonds. The summed E-state index contributed by atoms with van der Waals surface area (Å²) in [7, 11) is 0. The Morgan fingerprint density at radius 3 is 2.08 bits per heavy atom. The summed E-state index contributed by atoms with van der Waals surface area (Å²) in [6.07, 6.45) is -4.65. The van der Waals surface area contributed by atoms with E-state index in [1.165, 1.54) is 24.3 Å². The number of nitriles is 1. The molecule has 39 heavy (non-hydrogen) atoms. The standard InChI is InChI=1S/C26H16Cl3F6N3O/c1-25(31,32)18(15-9-20(27)23(29)21(28)10-15)11-22(30)14-4-7-17(19(8-14)26(33,34)35)24(39)38-37-16-5-2-13(12-36)3-6-16/h2-11,18,37H,1H3,(H,38,39)/b22-11-. The number of anilines is 1. The van der Waals surface area contributed by atoms with Crippen LogP contribution in [0.25, 0.3) is 5.83 Å². The van der Waals surface area contributed by atoms with Gasteiger partial charge < -0.3 is 0 Å². The highest BCUT2D eigenvalue weighted by molar-refractivity contribution is 6.48. The van der Waals surface area contributed by atoms with E-state index in [9.17, 15) is 26.7 Å². The zero-order chi connectivity index (χ0) is 29.1. The predicted molar refractivity (Wildman–Crippen MR) is 138 cm³/mol. The number of halogens is 9. The number of carbonyl (C=O) groups excluding carboxylic acids is 1. The van der Waals surface area contributed by atoms with E-state index in [2.05, 4.69) is 10.9 Å². The first-order valence-electron chi connectivity index (χ1n) is 10.8. The first-order valence-corrected chi connectivity index (χ1v) is 11.9. The van der Waals surface area contributed by atoms with Crippen LogP contribution in [0, 0.1) is 11.3 Å². The van der Waals surface area contributed by atoms with Crippen molar-refractivity contribution in [1.29, 1.82) is 5.26 Å². The highest BCUT2D eigenvalue weighted by atomic mass is 35.5. The average Bonchev–Trinajstić information content (AvgIpc) is 2.87. The van der Waals surface area contributed by atoms with Gasteiger partial charge in [-0.25, -0.2) is 13.2 Å². The maximum absolute atomic E-state index is 15.1. The van der Waals surface area contributed by atoms with Gasteiger partial charge in [0.15, 0.2) is 0 Å².